The molecule has 1 amide bonds. The second-order valence-corrected chi connectivity index (χ2v) is 5.54. The molecule has 2 N–H and O–H groups in total. The minimum absolute atomic E-state index is 0.438. The van der Waals surface area contributed by atoms with E-state index in [0.717, 1.165) is 10.6 Å². The van der Waals surface area contributed by atoms with Gasteiger partial charge in [-0.25, -0.2) is 4.79 Å². The van der Waals surface area contributed by atoms with Gasteiger partial charge in [-0.1, -0.05) is 0 Å². The van der Waals surface area contributed by atoms with Crippen molar-refractivity contribution < 1.29 is 9.53 Å². The van der Waals surface area contributed by atoms with Crippen LogP contribution in [0.4, 0.5) is 10.5 Å². The summed E-state index contributed by atoms with van der Waals surface area (Å²) in [5.41, 5.74) is 0.242. The molecule has 0 spiro atoms. The zero-order valence-electron chi connectivity index (χ0n) is 10.5. The van der Waals surface area contributed by atoms with Crippen molar-refractivity contribution in [2.75, 3.05) is 12.4 Å². The number of benzene rings is 1. The van der Waals surface area contributed by atoms with Crippen LogP contribution in [-0.4, -0.2) is 18.7 Å². The standard InChI is InChI=1S/C12H18N2O2S/c1-12(2,3)16-11(15)14-9-5-7-10(8-6-9)17-13-4/h5-8,13H,1-4H3,(H,14,15). The minimum Gasteiger partial charge on any atom is -0.444 e. The first kappa shape index (κ1) is 13.9. The maximum Gasteiger partial charge on any atom is 0.412 e. The normalized spacial score (nSPS) is 11.1. The third kappa shape index (κ3) is 5.60. The van der Waals surface area contributed by atoms with Gasteiger partial charge >= 0.3 is 6.09 Å². The van der Waals surface area contributed by atoms with Gasteiger partial charge in [-0.2, -0.15) is 0 Å². The number of hydrogen-bond donors (Lipinski definition) is 2. The molecule has 0 aliphatic heterocycles. The number of anilines is 1. The fourth-order valence-electron chi connectivity index (χ4n) is 1.15. The monoisotopic (exact) mass is 254 g/mol. The van der Waals surface area contributed by atoms with Gasteiger partial charge in [0.2, 0.25) is 0 Å². The highest BCUT2D eigenvalue weighted by Crippen LogP contribution is 2.18. The largest absolute Gasteiger partial charge is 0.444 e. The van der Waals surface area contributed by atoms with Crippen LogP contribution in [0.5, 0.6) is 0 Å². The molecule has 0 aliphatic rings. The number of rotatable bonds is 3. The second kappa shape index (κ2) is 5.93. The minimum atomic E-state index is -0.480. The first-order chi connectivity index (χ1) is 7.90. The van der Waals surface area contributed by atoms with Gasteiger partial charge in [-0.15, -0.1) is 0 Å². The molecule has 5 heteroatoms. The van der Waals surface area contributed by atoms with Crippen molar-refractivity contribution in [3.63, 3.8) is 0 Å². The molecule has 0 saturated heterocycles. The Labute approximate surface area is 106 Å². The Morgan fingerprint density at radius 2 is 1.82 bits per heavy atom. The lowest BCUT2D eigenvalue weighted by Crippen LogP contribution is -2.27. The molecule has 0 unspecified atom stereocenters. The van der Waals surface area contributed by atoms with Gasteiger partial charge in [-0.05, 0) is 64.0 Å². The van der Waals surface area contributed by atoms with Gasteiger partial charge in [0.25, 0.3) is 0 Å². The van der Waals surface area contributed by atoms with Crippen LogP contribution in [0, 0.1) is 0 Å². The molecule has 0 aromatic heterocycles. The van der Waals surface area contributed by atoms with Crippen molar-refractivity contribution >= 4 is 23.7 Å². The zero-order chi connectivity index (χ0) is 12.9. The molecule has 4 nitrogen and oxygen atoms in total. The lowest BCUT2D eigenvalue weighted by atomic mass is 10.2. The van der Waals surface area contributed by atoms with Crippen LogP contribution in [0.1, 0.15) is 20.8 Å². The van der Waals surface area contributed by atoms with Crippen molar-refractivity contribution in [1.29, 1.82) is 0 Å². The van der Waals surface area contributed by atoms with Crippen LogP contribution in [-0.2, 0) is 4.74 Å². The molecule has 1 rings (SSSR count). The van der Waals surface area contributed by atoms with E-state index in [9.17, 15) is 4.79 Å². The number of nitrogens with one attached hydrogen (secondary N) is 2. The van der Waals surface area contributed by atoms with E-state index >= 15 is 0 Å². The summed E-state index contributed by atoms with van der Waals surface area (Å²) < 4.78 is 8.13. The van der Waals surface area contributed by atoms with Crippen LogP contribution in [0.15, 0.2) is 29.2 Å². The third-order valence-corrected chi connectivity index (χ3v) is 2.43. The number of carbonyl (C=O) groups excluding carboxylic acids is 1. The average Bonchev–Trinajstić information content (AvgIpc) is 2.18. The van der Waals surface area contributed by atoms with Gasteiger partial charge < -0.3 is 4.74 Å². The molecule has 0 atom stereocenters. The molecule has 0 fully saturated rings. The summed E-state index contributed by atoms with van der Waals surface area (Å²) in [6.07, 6.45) is -0.438. The van der Waals surface area contributed by atoms with Crippen molar-refractivity contribution in [3.8, 4) is 0 Å². The number of ether oxygens (including phenoxy) is 1. The lowest BCUT2D eigenvalue weighted by Gasteiger charge is -2.19. The molecule has 0 radical (unpaired) electrons. The zero-order valence-corrected chi connectivity index (χ0v) is 11.4. The topological polar surface area (TPSA) is 50.4 Å². The third-order valence-electron chi connectivity index (χ3n) is 1.72. The Kier molecular flexibility index (Phi) is 4.84. The van der Waals surface area contributed by atoms with Gasteiger partial charge in [-0.3, -0.25) is 10.0 Å². The predicted octanol–water partition coefficient (Wildman–Crippen LogP) is 3.26. The summed E-state index contributed by atoms with van der Waals surface area (Å²) in [7, 11) is 1.86. The van der Waals surface area contributed by atoms with Crippen molar-refractivity contribution in [3.05, 3.63) is 24.3 Å². The lowest BCUT2D eigenvalue weighted by molar-refractivity contribution is 0.0636. The predicted molar refractivity (Wildman–Crippen MR) is 71.2 cm³/mol. The first-order valence-corrected chi connectivity index (χ1v) is 6.16. The van der Waals surface area contributed by atoms with Crippen LogP contribution < -0.4 is 10.0 Å². The molecule has 17 heavy (non-hydrogen) atoms. The number of hydrogen-bond acceptors (Lipinski definition) is 4. The van der Waals surface area contributed by atoms with E-state index in [2.05, 4.69) is 10.0 Å². The quantitative estimate of drug-likeness (QED) is 0.813. The average molecular weight is 254 g/mol. The first-order valence-electron chi connectivity index (χ1n) is 5.34. The number of carbonyl (C=O) groups is 1. The molecule has 1 aromatic carbocycles. The summed E-state index contributed by atoms with van der Waals surface area (Å²) >= 11 is 1.52. The van der Waals surface area contributed by atoms with Crippen LogP contribution >= 0.6 is 11.9 Å². The highest BCUT2D eigenvalue weighted by Gasteiger charge is 2.15. The van der Waals surface area contributed by atoms with Gasteiger partial charge in [0, 0.05) is 10.6 Å². The van der Waals surface area contributed by atoms with Gasteiger partial charge in [0.05, 0.1) is 0 Å². The van der Waals surface area contributed by atoms with E-state index < -0.39 is 11.7 Å². The Bertz CT molecular complexity index is 371. The maximum absolute atomic E-state index is 11.5. The Morgan fingerprint density at radius 1 is 1.24 bits per heavy atom. The smallest absolute Gasteiger partial charge is 0.412 e. The maximum atomic E-state index is 11.5. The van der Waals surface area contributed by atoms with Crippen LogP contribution in [0.2, 0.25) is 0 Å². The molecular formula is C12H18N2O2S. The molecule has 0 aliphatic carbocycles. The van der Waals surface area contributed by atoms with Crippen molar-refractivity contribution in [1.82, 2.24) is 4.72 Å². The highest BCUT2D eigenvalue weighted by atomic mass is 32.2. The van der Waals surface area contributed by atoms with Crippen molar-refractivity contribution in [2.45, 2.75) is 31.3 Å². The molecular weight excluding hydrogens is 236 g/mol. The van der Waals surface area contributed by atoms with E-state index in [0.29, 0.717) is 0 Å². The van der Waals surface area contributed by atoms with E-state index in [1.165, 1.54) is 11.9 Å². The van der Waals surface area contributed by atoms with Crippen molar-refractivity contribution in [2.24, 2.45) is 0 Å². The summed E-state index contributed by atoms with van der Waals surface area (Å²) in [4.78, 5) is 12.6. The van der Waals surface area contributed by atoms with E-state index in [1.54, 1.807) is 0 Å². The molecule has 1 aromatic rings. The molecule has 94 valence electrons. The van der Waals surface area contributed by atoms with E-state index in [1.807, 2.05) is 52.1 Å². The van der Waals surface area contributed by atoms with Gasteiger partial charge in [0.15, 0.2) is 0 Å². The van der Waals surface area contributed by atoms with E-state index in [4.69, 9.17) is 4.74 Å². The Hall–Kier alpha value is -1.20. The van der Waals surface area contributed by atoms with Gasteiger partial charge in [0.1, 0.15) is 5.60 Å². The number of amides is 1. The SMILES string of the molecule is CNSc1ccc(NC(=O)OC(C)(C)C)cc1. The Morgan fingerprint density at radius 3 is 2.29 bits per heavy atom. The summed E-state index contributed by atoms with van der Waals surface area (Å²) in [5.74, 6) is 0. The van der Waals surface area contributed by atoms with Crippen LogP contribution in [0.3, 0.4) is 0 Å². The fourth-order valence-corrected chi connectivity index (χ4v) is 1.65. The Balaban J connectivity index is 2.54. The summed E-state index contributed by atoms with van der Waals surface area (Å²) in [6, 6.07) is 7.52. The fraction of sp³-hybridized carbons (Fsp3) is 0.417. The molecule has 0 heterocycles. The second-order valence-electron chi connectivity index (χ2n) is 4.46. The summed E-state index contributed by atoms with van der Waals surface area (Å²) in [5, 5.41) is 2.68. The summed E-state index contributed by atoms with van der Waals surface area (Å²) in [6.45, 7) is 5.50. The molecule has 0 saturated carbocycles. The van der Waals surface area contributed by atoms with E-state index in [-0.39, 0.29) is 0 Å². The molecule has 0 bridgehead atoms. The highest BCUT2D eigenvalue weighted by molar-refractivity contribution is 7.97. The van der Waals surface area contributed by atoms with Crippen LogP contribution in [0.25, 0.3) is 0 Å².